The molecule has 0 aliphatic carbocycles. The van der Waals surface area contributed by atoms with Crippen LogP contribution in [-0.4, -0.2) is 59.7 Å². The highest BCUT2D eigenvalue weighted by molar-refractivity contribution is 7.92. The standard InChI is InChI=1S/C24H30N6O3S/c1-16-8-6-9-18(27-34(3,32)33)22(16)24(31)29-13-5-4-10-20(29)19-14-21-25-23(28-11-7-12-28)17(2)15-30(21)26-19/h6,8-9,14-15,20,27H,4-5,7,10-13H2,1-3H3/t20-/m0/s1. The molecule has 4 heterocycles. The number of carbonyl (C=O) groups excluding carboxylic acids is 1. The van der Waals surface area contributed by atoms with Crippen molar-refractivity contribution in [3.8, 4) is 0 Å². The van der Waals surface area contributed by atoms with E-state index in [-0.39, 0.29) is 11.9 Å². The summed E-state index contributed by atoms with van der Waals surface area (Å²) in [6.07, 6.45) is 6.97. The van der Waals surface area contributed by atoms with Gasteiger partial charge in [-0.15, -0.1) is 0 Å². The first-order chi connectivity index (χ1) is 16.2. The van der Waals surface area contributed by atoms with Crippen molar-refractivity contribution >= 4 is 33.1 Å². The van der Waals surface area contributed by atoms with Crippen LogP contribution >= 0.6 is 0 Å². The van der Waals surface area contributed by atoms with Crippen molar-refractivity contribution in [1.82, 2.24) is 19.5 Å². The predicted molar refractivity (Wildman–Crippen MR) is 132 cm³/mol. The second-order valence-electron chi connectivity index (χ2n) is 9.34. The normalized spacial score (nSPS) is 18.7. The Morgan fingerprint density at radius 1 is 1.09 bits per heavy atom. The number of hydrogen-bond acceptors (Lipinski definition) is 6. The van der Waals surface area contributed by atoms with Gasteiger partial charge in [0, 0.05) is 37.5 Å². The van der Waals surface area contributed by atoms with Crippen LogP contribution in [0.25, 0.3) is 5.65 Å². The molecule has 0 radical (unpaired) electrons. The van der Waals surface area contributed by atoms with Crippen LogP contribution in [0.4, 0.5) is 11.5 Å². The largest absolute Gasteiger partial charge is 0.356 e. The second kappa shape index (κ2) is 8.57. The van der Waals surface area contributed by atoms with E-state index in [1.165, 1.54) is 6.42 Å². The molecule has 3 aromatic rings. The van der Waals surface area contributed by atoms with Crippen LogP contribution in [-0.2, 0) is 10.0 Å². The summed E-state index contributed by atoms with van der Waals surface area (Å²) in [6, 6.07) is 7.00. The quantitative estimate of drug-likeness (QED) is 0.599. The van der Waals surface area contributed by atoms with E-state index in [4.69, 9.17) is 10.1 Å². The number of benzene rings is 1. The molecule has 2 saturated heterocycles. The zero-order valence-corrected chi connectivity index (χ0v) is 20.6. The maximum absolute atomic E-state index is 13.8. The van der Waals surface area contributed by atoms with Crippen LogP contribution in [0.2, 0.25) is 0 Å². The van der Waals surface area contributed by atoms with Gasteiger partial charge in [-0.2, -0.15) is 5.10 Å². The molecule has 9 nitrogen and oxygen atoms in total. The molecular weight excluding hydrogens is 452 g/mol. The second-order valence-corrected chi connectivity index (χ2v) is 11.1. The van der Waals surface area contributed by atoms with Crippen LogP contribution in [0.3, 0.4) is 0 Å². The summed E-state index contributed by atoms with van der Waals surface area (Å²) in [4.78, 5) is 22.8. The lowest BCUT2D eigenvalue weighted by molar-refractivity contribution is 0.0606. The number of carbonyl (C=O) groups is 1. The third kappa shape index (κ3) is 4.22. The lowest BCUT2D eigenvalue weighted by Gasteiger charge is -2.35. The van der Waals surface area contributed by atoms with Gasteiger partial charge in [-0.1, -0.05) is 12.1 Å². The Kier molecular flexibility index (Phi) is 5.71. The fourth-order valence-corrected chi connectivity index (χ4v) is 5.46. The number of amides is 1. The lowest BCUT2D eigenvalue weighted by atomic mass is 9.96. The van der Waals surface area contributed by atoms with E-state index in [0.717, 1.165) is 66.9 Å². The number of piperidine rings is 1. The summed E-state index contributed by atoms with van der Waals surface area (Å²) in [5.41, 5.74) is 4.09. The number of anilines is 2. The molecule has 1 amide bonds. The molecule has 1 aromatic carbocycles. The monoisotopic (exact) mass is 482 g/mol. The summed E-state index contributed by atoms with van der Waals surface area (Å²) in [6.45, 7) is 6.52. The van der Waals surface area contributed by atoms with Gasteiger partial charge in [0.15, 0.2) is 5.65 Å². The van der Waals surface area contributed by atoms with Crippen LogP contribution < -0.4 is 9.62 Å². The fourth-order valence-electron chi connectivity index (χ4n) is 4.89. The number of likely N-dealkylation sites (tertiary alicyclic amines) is 1. The van der Waals surface area contributed by atoms with Crippen molar-refractivity contribution in [1.29, 1.82) is 0 Å². The Balaban J connectivity index is 1.51. The van der Waals surface area contributed by atoms with Gasteiger partial charge < -0.3 is 9.80 Å². The minimum atomic E-state index is -3.53. The number of aromatic nitrogens is 3. The van der Waals surface area contributed by atoms with Gasteiger partial charge in [-0.3, -0.25) is 9.52 Å². The number of nitrogens with zero attached hydrogens (tertiary/aromatic N) is 5. The predicted octanol–water partition coefficient (Wildman–Crippen LogP) is 3.30. The third-order valence-electron chi connectivity index (χ3n) is 6.67. The zero-order valence-electron chi connectivity index (χ0n) is 19.8. The van der Waals surface area contributed by atoms with Gasteiger partial charge in [0.25, 0.3) is 5.91 Å². The molecular formula is C24H30N6O3S. The van der Waals surface area contributed by atoms with Crippen molar-refractivity contribution in [2.24, 2.45) is 0 Å². The van der Waals surface area contributed by atoms with Crippen LogP contribution in [0.1, 0.15) is 58.9 Å². The van der Waals surface area contributed by atoms with E-state index >= 15 is 0 Å². The highest BCUT2D eigenvalue weighted by Gasteiger charge is 2.33. The minimum absolute atomic E-state index is 0.184. The molecule has 5 rings (SSSR count). The lowest BCUT2D eigenvalue weighted by Crippen LogP contribution is -2.39. The molecule has 0 saturated carbocycles. The summed E-state index contributed by atoms with van der Waals surface area (Å²) in [7, 11) is -3.53. The summed E-state index contributed by atoms with van der Waals surface area (Å²) in [5, 5.41) is 4.80. The molecule has 2 aromatic heterocycles. The van der Waals surface area contributed by atoms with E-state index in [1.807, 2.05) is 37.1 Å². The van der Waals surface area contributed by atoms with Crippen molar-refractivity contribution in [2.75, 3.05) is 35.5 Å². The molecule has 34 heavy (non-hydrogen) atoms. The van der Waals surface area contributed by atoms with Crippen molar-refractivity contribution in [2.45, 2.75) is 45.6 Å². The van der Waals surface area contributed by atoms with E-state index in [1.54, 1.807) is 16.6 Å². The topological polar surface area (TPSA) is 99.9 Å². The Morgan fingerprint density at radius 2 is 1.88 bits per heavy atom. The first kappa shape index (κ1) is 22.6. The zero-order chi connectivity index (χ0) is 24.0. The summed E-state index contributed by atoms with van der Waals surface area (Å²) < 4.78 is 28.1. The van der Waals surface area contributed by atoms with Crippen LogP contribution in [0.15, 0.2) is 30.5 Å². The Morgan fingerprint density at radius 3 is 2.59 bits per heavy atom. The summed E-state index contributed by atoms with van der Waals surface area (Å²) >= 11 is 0. The Hall–Kier alpha value is -3.14. The van der Waals surface area contributed by atoms with E-state index < -0.39 is 10.0 Å². The van der Waals surface area contributed by atoms with Gasteiger partial charge in [-0.05, 0) is 51.2 Å². The van der Waals surface area contributed by atoms with Crippen LogP contribution in [0, 0.1) is 13.8 Å². The average Bonchev–Trinajstić information content (AvgIpc) is 3.14. The van der Waals surface area contributed by atoms with Crippen LogP contribution in [0.5, 0.6) is 0 Å². The molecule has 2 aliphatic heterocycles. The van der Waals surface area contributed by atoms with E-state index in [2.05, 4.69) is 9.62 Å². The number of rotatable bonds is 5. The highest BCUT2D eigenvalue weighted by Crippen LogP contribution is 2.34. The smallest absolute Gasteiger partial charge is 0.256 e. The maximum atomic E-state index is 13.8. The van der Waals surface area contributed by atoms with Gasteiger partial charge in [0.05, 0.1) is 29.2 Å². The van der Waals surface area contributed by atoms with Gasteiger partial charge in [-0.25, -0.2) is 17.9 Å². The first-order valence-electron chi connectivity index (χ1n) is 11.7. The molecule has 2 aliphatic rings. The molecule has 1 atom stereocenters. The molecule has 180 valence electrons. The molecule has 10 heteroatoms. The number of nitrogens with one attached hydrogen (secondary N) is 1. The van der Waals surface area contributed by atoms with E-state index in [9.17, 15) is 13.2 Å². The maximum Gasteiger partial charge on any atom is 0.256 e. The first-order valence-corrected chi connectivity index (χ1v) is 13.6. The number of fused-ring (bicyclic) bond motifs is 1. The highest BCUT2D eigenvalue weighted by atomic mass is 32.2. The van der Waals surface area contributed by atoms with E-state index in [0.29, 0.717) is 17.8 Å². The molecule has 0 spiro atoms. The Bertz CT molecular complexity index is 1360. The minimum Gasteiger partial charge on any atom is -0.356 e. The SMILES string of the molecule is Cc1cn2nc([C@@H]3CCCCN3C(=O)c3c(C)cccc3NS(C)(=O)=O)cc2nc1N1CCC1. The Labute approximate surface area is 199 Å². The number of aryl methyl sites for hydroxylation is 2. The molecule has 2 fully saturated rings. The molecule has 1 N–H and O–H groups in total. The van der Waals surface area contributed by atoms with Crippen molar-refractivity contribution < 1.29 is 13.2 Å². The molecule has 0 unspecified atom stereocenters. The summed E-state index contributed by atoms with van der Waals surface area (Å²) in [5.74, 6) is 0.814. The van der Waals surface area contributed by atoms with Crippen molar-refractivity contribution in [3.05, 3.63) is 52.8 Å². The average molecular weight is 483 g/mol. The fraction of sp³-hybridized carbons (Fsp3) is 0.458. The van der Waals surface area contributed by atoms with Gasteiger partial charge >= 0.3 is 0 Å². The number of sulfonamides is 1. The molecule has 0 bridgehead atoms. The third-order valence-corrected chi connectivity index (χ3v) is 7.26. The van der Waals surface area contributed by atoms with Gasteiger partial charge in [0.2, 0.25) is 10.0 Å². The van der Waals surface area contributed by atoms with Crippen molar-refractivity contribution in [3.63, 3.8) is 0 Å². The van der Waals surface area contributed by atoms with Gasteiger partial charge in [0.1, 0.15) is 5.82 Å². The number of hydrogen-bond donors (Lipinski definition) is 1.